The monoisotopic (exact) mass is 333 g/mol. The molecule has 124 valence electrons. The zero-order valence-corrected chi connectivity index (χ0v) is 11.7. The van der Waals surface area contributed by atoms with E-state index in [2.05, 4.69) is 15.5 Å². The maximum absolute atomic E-state index is 13.7. The number of aromatic nitrogens is 2. The summed E-state index contributed by atoms with van der Waals surface area (Å²) in [6.07, 6.45) is -2.99. The van der Waals surface area contributed by atoms with Gasteiger partial charge in [0.05, 0.1) is 6.54 Å². The number of hydrogen-bond donors (Lipinski definition) is 1. The molecule has 3 rings (SSSR count). The van der Waals surface area contributed by atoms with E-state index in [1.54, 1.807) is 0 Å². The SMILES string of the molecule is Fc1cccc(C(NCc2nnc(C3CC3)o2)C(F)(F)F)c1F. The van der Waals surface area contributed by atoms with E-state index in [1.807, 2.05) is 0 Å². The standard InChI is InChI=1S/C14H12F5N3O/c15-9-3-1-2-8(11(9)16)12(14(17,18)19)20-6-10-21-22-13(23-10)7-4-5-7/h1-3,7,12,20H,4-6H2. The maximum atomic E-state index is 13.7. The van der Waals surface area contributed by atoms with Crippen molar-refractivity contribution in [3.63, 3.8) is 0 Å². The fraction of sp³-hybridized carbons (Fsp3) is 0.429. The van der Waals surface area contributed by atoms with Crippen molar-refractivity contribution in [3.05, 3.63) is 47.2 Å². The Kier molecular flexibility index (Phi) is 4.05. The lowest BCUT2D eigenvalue weighted by atomic mass is 10.1. The van der Waals surface area contributed by atoms with Gasteiger partial charge in [-0.3, -0.25) is 5.32 Å². The lowest BCUT2D eigenvalue weighted by Gasteiger charge is -2.22. The van der Waals surface area contributed by atoms with E-state index in [9.17, 15) is 22.0 Å². The van der Waals surface area contributed by atoms with Crippen molar-refractivity contribution >= 4 is 0 Å². The molecule has 0 bridgehead atoms. The van der Waals surface area contributed by atoms with Crippen molar-refractivity contribution in [2.24, 2.45) is 0 Å². The van der Waals surface area contributed by atoms with Crippen LogP contribution < -0.4 is 5.32 Å². The summed E-state index contributed by atoms with van der Waals surface area (Å²) < 4.78 is 71.5. The fourth-order valence-corrected chi connectivity index (χ4v) is 2.17. The summed E-state index contributed by atoms with van der Waals surface area (Å²) in [4.78, 5) is 0. The third-order valence-electron chi connectivity index (χ3n) is 3.49. The molecule has 1 N–H and O–H groups in total. The average molecular weight is 333 g/mol. The molecule has 0 saturated heterocycles. The van der Waals surface area contributed by atoms with Crippen LogP contribution in [0.4, 0.5) is 22.0 Å². The zero-order chi connectivity index (χ0) is 16.6. The summed E-state index contributed by atoms with van der Waals surface area (Å²) in [7, 11) is 0. The van der Waals surface area contributed by atoms with Gasteiger partial charge in [-0.05, 0) is 18.9 Å². The summed E-state index contributed by atoms with van der Waals surface area (Å²) in [6, 6.07) is 0.278. The molecule has 23 heavy (non-hydrogen) atoms. The van der Waals surface area contributed by atoms with Gasteiger partial charge >= 0.3 is 6.18 Å². The molecule has 1 aliphatic carbocycles. The van der Waals surface area contributed by atoms with Crippen LogP contribution in [-0.4, -0.2) is 16.4 Å². The van der Waals surface area contributed by atoms with E-state index < -0.39 is 36.0 Å². The molecule has 1 aromatic carbocycles. The first-order valence-corrected chi connectivity index (χ1v) is 6.92. The number of rotatable bonds is 5. The van der Waals surface area contributed by atoms with Gasteiger partial charge in [0.15, 0.2) is 11.6 Å². The second kappa shape index (κ2) is 5.88. The summed E-state index contributed by atoms with van der Waals surface area (Å²) in [6.45, 7) is -0.403. The van der Waals surface area contributed by atoms with Crippen LogP contribution in [0.3, 0.4) is 0 Å². The van der Waals surface area contributed by atoms with Gasteiger partial charge in [0, 0.05) is 11.5 Å². The van der Waals surface area contributed by atoms with Crippen LogP contribution in [0.1, 0.15) is 42.1 Å². The molecule has 9 heteroatoms. The lowest BCUT2D eigenvalue weighted by molar-refractivity contribution is -0.159. The molecule has 1 unspecified atom stereocenters. The summed E-state index contributed by atoms with van der Waals surface area (Å²) in [5.41, 5.74) is -0.820. The van der Waals surface area contributed by atoms with E-state index in [-0.39, 0.29) is 11.8 Å². The largest absolute Gasteiger partial charge is 0.424 e. The zero-order valence-electron chi connectivity index (χ0n) is 11.7. The van der Waals surface area contributed by atoms with Crippen LogP contribution in [0.5, 0.6) is 0 Å². The Balaban J connectivity index is 1.77. The number of nitrogens with zero attached hydrogens (tertiary/aromatic N) is 2. The predicted molar refractivity (Wildman–Crippen MR) is 68.3 cm³/mol. The highest BCUT2D eigenvalue weighted by Crippen LogP contribution is 2.39. The van der Waals surface area contributed by atoms with Crippen molar-refractivity contribution in [2.45, 2.75) is 37.5 Å². The number of hydrogen-bond acceptors (Lipinski definition) is 4. The molecular formula is C14H12F5N3O. The van der Waals surface area contributed by atoms with E-state index in [0.717, 1.165) is 31.0 Å². The Morgan fingerprint density at radius 2 is 1.96 bits per heavy atom. The predicted octanol–water partition coefficient (Wildman–Crippen LogP) is 3.62. The average Bonchev–Trinajstić information content (AvgIpc) is 3.22. The van der Waals surface area contributed by atoms with Gasteiger partial charge in [-0.1, -0.05) is 12.1 Å². The summed E-state index contributed by atoms with van der Waals surface area (Å²) >= 11 is 0. The van der Waals surface area contributed by atoms with Crippen LogP contribution in [0.25, 0.3) is 0 Å². The van der Waals surface area contributed by atoms with Crippen LogP contribution in [0.2, 0.25) is 0 Å². The van der Waals surface area contributed by atoms with E-state index in [1.165, 1.54) is 0 Å². The van der Waals surface area contributed by atoms with Crippen LogP contribution >= 0.6 is 0 Å². The van der Waals surface area contributed by atoms with E-state index in [4.69, 9.17) is 4.42 Å². The number of nitrogens with one attached hydrogen (secondary N) is 1. The molecule has 1 aromatic heterocycles. The Labute approximate surface area is 127 Å². The highest BCUT2D eigenvalue weighted by molar-refractivity contribution is 5.24. The second-order valence-corrected chi connectivity index (χ2v) is 5.31. The number of alkyl halides is 3. The van der Waals surface area contributed by atoms with Gasteiger partial charge in [-0.2, -0.15) is 13.2 Å². The molecular weight excluding hydrogens is 321 g/mol. The lowest BCUT2D eigenvalue weighted by Crippen LogP contribution is -2.34. The highest BCUT2D eigenvalue weighted by atomic mass is 19.4. The van der Waals surface area contributed by atoms with Gasteiger partial charge in [-0.15, -0.1) is 10.2 Å². The number of halogens is 5. The molecule has 1 atom stereocenters. The van der Waals surface area contributed by atoms with Gasteiger partial charge in [-0.25, -0.2) is 8.78 Å². The first-order chi connectivity index (χ1) is 10.9. The third-order valence-corrected chi connectivity index (χ3v) is 3.49. The number of benzene rings is 1. The van der Waals surface area contributed by atoms with Gasteiger partial charge in [0.1, 0.15) is 6.04 Å². The second-order valence-electron chi connectivity index (χ2n) is 5.31. The molecule has 2 aromatic rings. The first-order valence-electron chi connectivity index (χ1n) is 6.92. The topological polar surface area (TPSA) is 51.0 Å². The normalized spacial score (nSPS) is 16.6. The fourth-order valence-electron chi connectivity index (χ4n) is 2.17. The Bertz CT molecular complexity index is 696. The minimum atomic E-state index is -4.81. The molecule has 1 heterocycles. The Morgan fingerprint density at radius 1 is 1.22 bits per heavy atom. The van der Waals surface area contributed by atoms with E-state index in [0.29, 0.717) is 5.89 Å². The quantitative estimate of drug-likeness (QED) is 0.849. The Morgan fingerprint density at radius 3 is 2.61 bits per heavy atom. The maximum Gasteiger partial charge on any atom is 0.408 e. The third kappa shape index (κ3) is 3.49. The molecule has 1 saturated carbocycles. The molecule has 1 fully saturated rings. The van der Waals surface area contributed by atoms with Crippen LogP contribution in [0.15, 0.2) is 22.6 Å². The first kappa shape index (κ1) is 15.9. The molecule has 0 aliphatic heterocycles. The molecule has 1 aliphatic rings. The molecule has 4 nitrogen and oxygen atoms in total. The van der Waals surface area contributed by atoms with Crippen LogP contribution in [-0.2, 0) is 6.54 Å². The van der Waals surface area contributed by atoms with Gasteiger partial charge in [0.2, 0.25) is 11.8 Å². The smallest absolute Gasteiger partial charge is 0.408 e. The molecule has 0 amide bonds. The van der Waals surface area contributed by atoms with Gasteiger partial charge < -0.3 is 4.42 Å². The van der Waals surface area contributed by atoms with Crippen molar-refractivity contribution < 1.29 is 26.4 Å². The summed E-state index contributed by atoms with van der Waals surface area (Å²) in [5.74, 6) is -2.34. The van der Waals surface area contributed by atoms with E-state index >= 15 is 0 Å². The van der Waals surface area contributed by atoms with Crippen molar-refractivity contribution in [1.82, 2.24) is 15.5 Å². The summed E-state index contributed by atoms with van der Waals surface area (Å²) in [5, 5.41) is 9.51. The van der Waals surface area contributed by atoms with Crippen molar-refractivity contribution in [1.29, 1.82) is 0 Å². The minimum absolute atomic E-state index is 0.0297. The minimum Gasteiger partial charge on any atom is -0.424 e. The van der Waals surface area contributed by atoms with Crippen LogP contribution in [0, 0.1) is 11.6 Å². The van der Waals surface area contributed by atoms with Crippen molar-refractivity contribution in [2.75, 3.05) is 0 Å². The van der Waals surface area contributed by atoms with Crippen molar-refractivity contribution in [3.8, 4) is 0 Å². The highest BCUT2D eigenvalue weighted by Gasteiger charge is 2.42. The molecule has 0 radical (unpaired) electrons. The Hall–Kier alpha value is -2.03. The van der Waals surface area contributed by atoms with Gasteiger partial charge in [0.25, 0.3) is 0 Å². The molecule has 0 spiro atoms.